The highest BCUT2D eigenvalue weighted by atomic mass is 16.4. The molecule has 1 amide bonds. The summed E-state index contributed by atoms with van der Waals surface area (Å²) in [5, 5.41) is 8.59. The first-order valence-electron chi connectivity index (χ1n) is 3.87. The van der Waals surface area contributed by atoms with E-state index >= 15 is 0 Å². The molecule has 1 unspecified atom stereocenters. The van der Waals surface area contributed by atoms with Crippen molar-refractivity contribution in [2.24, 2.45) is 5.92 Å². The standard InChI is InChI=1S/C8H15NO3/c1-5(2)7(10)9(4)6(3)8(11)12/h5-6H,1-4H3,(H,11,12). The fourth-order valence-corrected chi connectivity index (χ4v) is 0.764. The van der Waals surface area contributed by atoms with Crippen LogP contribution in [-0.2, 0) is 9.59 Å². The van der Waals surface area contributed by atoms with Crippen LogP contribution in [0.25, 0.3) is 0 Å². The maximum atomic E-state index is 11.3. The van der Waals surface area contributed by atoms with Gasteiger partial charge in [-0.1, -0.05) is 13.8 Å². The predicted molar refractivity (Wildman–Crippen MR) is 44.7 cm³/mol. The SMILES string of the molecule is CC(C)C(=O)N(C)C(C)C(=O)O. The van der Waals surface area contributed by atoms with Gasteiger partial charge in [0, 0.05) is 13.0 Å². The number of hydrogen-bond donors (Lipinski definition) is 1. The van der Waals surface area contributed by atoms with E-state index in [2.05, 4.69) is 0 Å². The van der Waals surface area contributed by atoms with Gasteiger partial charge in [0.2, 0.25) is 5.91 Å². The van der Waals surface area contributed by atoms with E-state index in [1.165, 1.54) is 18.9 Å². The van der Waals surface area contributed by atoms with Crippen molar-refractivity contribution in [1.82, 2.24) is 4.90 Å². The molecule has 0 bridgehead atoms. The van der Waals surface area contributed by atoms with Gasteiger partial charge in [-0.05, 0) is 6.92 Å². The van der Waals surface area contributed by atoms with Gasteiger partial charge in [-0.15, -0.1) is 0 Å². The zero-order valence-corrected chi connectivity index (χ0v) is 7.87. The maximum absolute atomic E-state index is 11.3. The number of carboxylic acids is 1. The van der Waals surface area contributed by atoms with Crippen LogP contribution in [-0.4, -0.2) is 35.0 Å². The first-order valence-corrected chi connectivity index (χ1v) is 3.87. The number of hydrogen-bond acceptors (Lipinski definition) is 2. The van der Waals surface area contributed by atoms with Crippen LogP contribution in [0.2, 0.25) is 0 Å². The van der Waals surface area contributed by atoms with Gasteiger partial charge in [-0.25, -0.2) is 4.79 Å². The molecule has 0 fully saturated rings. The summed E-state index contributed by atoms with van der Waals surface area (Å²) in [4.78, 5) is 23.0. The molecule has 0 radical (unpaired) electrons. The molecule has 0 heterocycles. The highest BCUT2D eigenvalue weighted by Gasteiger charge is 2.22. The van der Waals surface area contributed by atoms with Crippen LogP contribution >= 0.6 is 0 Å². The van der Waals surface area contributed by atoms with Gasteiger partial charge >= 0.3 is 5.97 Å². The molecular weight excluding hydrogens is 158 g/mol. The molecule has 1 atom stereocenters. The third-order valence-electron chi connectivity index (χ3n) is 1.78. The van der Waals surface area contributed by atoms with Crippen molar-refractivity contribution >= 4 is 11.9 Å². The quantitative estimate of drug-likeness (QED) is 0.679. The smallest absolute Gasteiger partial charge is 0.326 e. The van der Waals surface area contributed by atoms with Crippen LogP contribution in [0, 0.1) is 5.92 Å². The Hall–Kier alpha value is -1.06. The summed E-state index contributed by atoms with van der Waals surface area (Å²) >= 11 is 0. The molecule has 1 N–H and O–H groups in total. The third kappa shape index (κ3) is 2.53. The van der Waals surface area contributed by atoms with Crippen molar-refractivity contribution in [1.29, 1.82) is 0 Å². The molecule has 4 heteroatoms. The van der Waals surface area contributed by atoms with Crippen molar-refractivity contribution < 1.29 is 14.7 Å². The molecule has 4 nitrogen and oxygen atoms in total. The average molecular weight is 173 g/mol. The number of carboxylic acid groups (broad SMARTS) is 1. The Kier molecular flexibility index (Phi) is 3.73. The fraction of sp³-hybridized carbons (Fsp3) is 0.750. The van der Waals surface area contributed by atoms with Gasteiger partial charge in [-0.3, -0.25) is 4.79 Å². The van der Waals surface area contributed by atoms with Gasteiger partial charge < -0.3 is 10.0 Å². The largest absolute Gasteiger partial charge is 0.480 e. The number of rotatable bonds is 3. The zero-order chi connectivity index (χ0) is 9.89. The van der Waals surface area contributed by atoms with Gasteiger partial charge in [0.25, 0.3) is 0 Å². The number of aliphatic carboxylic acids is 1. The molecule has 0 aliphatic heterocycles. The predicted octanol–water partition coefficient (Wildman–Crippen LogP) is 0.574. The maximum Gasteiger partial charge on any atom is 0.326 e. The van der Waals surface area contributed by atoms with Gasteiger partial charge in [0.1, 0.15) is 6.04 Å². The van der Waals surface area contributed by atoms with Crippen LogP contribution in [0.4, 0.5) is 0 Å². The van der Waals surface area contributed by atoms with Crippen LogP contribution in [0.5, 0.6) is 0 Å². The molecule has 0 aromatic heterocycles. The van der Waals surface area contributed by atoms with Crippen molar-refractivity contribution in [2.75, 3.05) is 7.05 Å². The lowest BCUT2D eigenvalue weighted by atomic mass is 10.1. The number of nitrogens with zero attached hydrogens (tertiary/aromatic N) is 1. The molecule has 70 valence electrons. The number of likely N-dealkylation sites (N-methyl/N-ethyl adjacent to an activating group) is 1. The lowest BCUT2D eigenvalue weighted by Gasteiger charge is -2.23. The Bertz CT molecular complexity index is 189. The molecule has 0 aromatic carbocycles. The average Bonchev–Trinajstić information content (AvgIpc) is 2.00. The summed E-state index contributed by atoms with van der Waals surface area (Å²) < 4.78 is 0. The van der Waals surface area contributed by atoms with Crippen LogP contribution < -0.4 is 0 Å². The van der Waals surface area contributed by atoms with Gasteiger partial charge in [0.05, 0.1) is 0 Å². The highest BCUT2D eigenvalue weighted by Crippen LogP contribution is 2.03. The lowest BCUT2D eigenvalue weighted by Crippen LogP contribution is -2.42. The van der Waals surface area contributed by atoms with Crippen molar-refractivity contribution in [3.05, 3.63) is 0 Å². The van der Waals surface area contributed by atoms with E-state index in [-0.39, 0.29) is 11.8 Å². The summed E-state index contributed by atoms with van der Waals surface area (Å²) in [6.45, 7) is 4.98. The van der Waals surface area contributed by atoms with Crippen LogP contribution in [0.15, 0.2) is 0 Å². The second kappa shape index (κ2) is 4.09. The Morgan fingerprint density at radius 1 is 1.25 bits per heavy atom. The monoisotopic (exact) mass is 173 g/mol. The van der Waals surface area contributed by atoms with Crippen molar-refractivity contribution in [3.63, 3.8) is 0 Å². The summed E-state index contributed by atoms with van der Waals surface area (Å²) in [5.41, 5.74) is 0. The molecule has 0 rings (SSSR count). The topological polar surface area (TPSA) is 57.6 Å². The van der Waals surface area contributed by atoms with E-state index in [4.69, 9.17) is 5.11 Å². The number of carbonyl (C=O) groups is 2. The number of amides is 1. The molecule has 0 aliphatic carbocycles. The Morgan fingerprint density at radius 3 is 1.92 bits per heavy atom. The Morgan fingerprint density at radius 2 is 1.67 bits per heavy atom. The van der Waals surface area contributed by atoms with Crippen molar-refractivity contribution in [2.45, 2.75) is 26.8 Å². The van der Waals surface area contributed by atoms with Crippen LogP contribution in [0.1, 0.15) is 20.8 Å². The second-order valence-electron chi connectivity index (χ2n) is 3.12. The minimum Gasteiger partial charge on any atom is -0.480 e. The summed E-state index contributed by atoms with van der Waals surface area (Å²) in [6.07, 6.45) is 0. The van der Waals surface area contributed by atoms with E-state index in [0.29, 0.717) is 0 Å². The van der Waals surface area contributed by atoms with Crippen LogP contribution in [0.3, 0.4) is 0 Å². The molecule has 12 heavy (non-hydrogen) atoms. The van der Waals surface area contributed by atoms with Gasteiger partial charge in [-0.2, -0.15) is 0 Å². The van der Waals surface area contributed by atoms with E-state index in [9.17, 15) is 9.59 Å². The van der Waals surface area contributed by atoms with Gasteiger partial charge in [0.15, 0.2) is 0 Å². The normalized spacial score (nSPS) is 12.8. The molecule has 0 aliphatic rings. The number of carbonyl (C=O) groups excluding carboxylic acids is 1. The molecular formula is C8H15NO3. The summed E-state index contributed by atoms with van der Waals surface area (Å²) in [6, 6.07) is -0.750. The van der Waals surface area contributed by atoms with E-state index < -0.39 is 12.0 Å². The Labute approximate surface area is 72.2 Å². The van der Waals surface area contributed by atoms with E-state index in [0.717, 1.165) is 0 Å². The first kappa shape index (κ1) is 10.9. The first-order chi connectivity index (χ1) is 5.37. The molecule has 0 saturated carbocycles. The zero-order valence-electron chi connectivity index (χ0n) is 7.87. The Balaban J connectivity index is 4.29. The third-order valence-corrected chi connectivity index (χ3v) is 1.78. The minimum atomic E-state index is -0.980. The summed E-state index contributed by atoms with van der Waals surface area (Å²) in [5.74, 6) is -1.28. The lowest BCUT2D eigenvalue weighted by molar-refractivity contribution is -0.149. The molecule has 0 spiro atoms. The minimum absolute atomic E-state index is 0.148. The second-order valence-corrected chi connectivity index (χ2v) is 3.12. The van der Waals surface area contributed by atoms with E-state index in [1.807, 2.05) is 0 Å². The molecule has 0 aromatic rings. The fourth-order valence-electron chi connectivity index (χ4n) is 0.764. The van der Waals surface area contributed by atoms with Crippen molar-refractivity contribution in [3.8, 4) is 0 Å². The van der Waals surface area contributed by atoms with E-state index in [1.54, 1.807) is 13.8 Å². The highest BCUT2D eigenvalue weighted by molar-refractivity contribution is 5.84. The summed E-state index contributed by atoms with van der Waals surface area (Å²) in [7, 11) is 1.50. The molecule has 0 saturated heterocycles.